The number of sulfonamides is 1. The second-order valence-electron chi connectivity index (χ2n) is 6.31. The number of rotatable bonds is 8. The standard InChI is InChI=1S/C17H26ClN3O4S/c1-14(17(22)19-7-4-8-20-9-11-25-12-10-20)21(26(2,23)24)16-6-3-5-15(18)13-16/h3,5-6,13-14H,4,7-12H2,1-2H3,(H,19,22)/t14-/m1/s1. The van der Waals surface area contributed by atoms with E-state index in [0.29, 0.717) is 17.3 Å². The van der Waals surface area contributed by atoms with Crippen LogP contribution in [0.4, 0.5) is 5.69 Å². The van der Waals surface area contributed by atoms with Crippen molar-refractivity contribution in [2.24, 2.45) is 0 Å². The number of hydrogen-bond donors (Lipinski definition) is 1. The van der Waals surface area contributed by atoms with Crippen molar-refractivity contribution in [3.8, 4) is 0 Å². The quantitative estimate of drug-likeness (QED) is 0.662. The normalized spacial score (nSPS) is 16.9. The van der Waals surface area contributed by atoms with Crippen LogP contribution in [0.25, 0.3) is 0 Å². The zero-order valence-corrected chi connectivity index (χ0v) is 16.7. The molecular weight excluding hydrogens is 378 g/mol. The summed E-state index contributed by atoms with van der Waals surface area (Å²) in [6.07, 6.45) is 1.88. The number of morpholine rings is 1. The summed E-state index contributed by atoms with van der Waals surface area (Å²) in [5.74, 6) is -0.336. The molecule has 1 atom stereocenters. The summed E-state index contributed by atoms with van der Waals surface area (Å²) in [7, 11) is -3.63. The molecule has 0 saturated carbocycles. The highest BCUT2D eigenvalue weighted by Crippen LogP contribution is 2.24. The van der Waals surface area contributed by atoms with Crippen molar-refractivity contribution in [2.45, 2.75) is 19.4 Å². The number of nitrogens with zero attached hydrogens (tertiary/aromatic N) is 2. The van der Waals surface area contributed by atoms with Gasteiger partial charge in [-0.3, -0.25) is 14.0 Å². The Hall–Kier alpha value is -1.35. The molecule has 1 amide bonds. The zero-order chi connectivity index (χ0) is 19.2. The molecule has 1 aromatic carbocycles. The Balaban J connectivity index is 1.92. The van der Waals surface area contributed by atoms with E-state index in [0.717, 1.165) is 49.8 Å². The Morgan fingerprint density at radius 1 is 1.38 bits per heavy atom. The third-order valence-electron chi connectivity index (χ3n) is 4.21. The van der Waals surface area contributed by atoms with Crippen LogP contribution in [-0.2, 0) is 19.6 Å². The molecule has 0 aromatic heterocycles. The first kappa shape index (κ1) is 21.0. The van der Waals surface area contributed by atoms with Gasteiger partial charge in [0.15, 0.2) is 0 Å². The van der Waals surface area contributed by atoms with Gasteiger partial charge in [0, 0.05) is 24.7 Å². The first-order valence-corrected chi connectivity index (χ1v) is 10.8. The molecule has 1 heterocycles. The zero-order valence-electron chi connectivity index (χ0n) is 15.2. The van der Waals surface area contributed by atoms with E-state index >= 15 is 0 Å². The van der Waals surface area contributed by atoms with Gasteiger partial charge in [-0.1, -0.05) is 17.7 Å². The SMILES string of the molecule is C[C@H](C(=O)NCCCN1CCOCC1)N(c1cccc(Cl)c1)S(C)(=O)=O. The molecule has 0 unspecified atom stereocenters. The van der Waals surface area contributed by atoms with Gasteiger partial charge in [0.1, 0.15) is 6.04 Å². The van der Waals surface area contributed by atoms with E-state index in [-0.39, 0.29) is 5.91 Å². The van der Waals surface area contributed by atoms with Gasteiger partial charge in [0.25, 0.3) is 0 Å². The maximum Gasteiger partial charge on any atom is 0.243 e. The second kappa shape index (κ2) is 9.55. The van der Waals surface area contributed by atoms with Crippen LogP contribution in [0.3, 0.4) is 0 Å². The van der Waals surface area contributed by atoms with Crippen molar-refractivity contribution in [2.75, 3.05) is 50.0 Å². The van der Waals surface area contributed by atoms with Gasteiger partial charge in [-0.25, -0.2) is 8.42 Å². The lowest BCUT2D eigenvalue weighted by Crippen LogP contribution is -2.48. The number of amides is 1. The number of carbonyl (C=O) groups is 1. The lowest BCUT2D eigenvalue weighted by Gasteiger charge is -2.29. The number of ether oxygens (including phenoxy) is 1. The summed E-state index contributed by atoms with van der Waals surface area (Å²) in [5.41, 5.74) is 0.371. The van der Waals surface area contributed by atoms with Crippen molar-refractivity contribution in [3.05, 3.63) is 29.3 Å². The van der Waals surface area contributed by atoms with Crippen LogP contribution in [0.1, 0.15) is 13.3 Å². The number of benzene rings is 1. The van der Waals surface area contributed by atoms with Crippen LogP contribution >= 0.6 is 11.6 Å². The average molecular weight is 404 g/mol. The maximum absolute atomic E-state index is 12.5. The Morgan fingerprint density at radius 3 is 2.69 bits per heavy atom. The molecule has 1 aliphatic rings. The lowest BCUT2D eigenvalue weighted by atomic mass is 10.2. The molecule has 1 saturated heterocycles. The van der Waals surface area contributed by atoms with E-state index in [2.05, 4.69) is 10.2 Å². The van der Waals surface area contributed by atoms with Crippen LogP contribution in [0, 0.1) is 0 Å². The average Bonchev–Trinajstić information content (AvgIpc) is 2.58. The largest absolute Gasteiger partial charge is 0.379 e. The molecule has 1 fully saturated rings. The van der Waals surface area contributed by atoms with Gasteiger partial charge in [-0.05, 0) is 38.1 Å². The summed E-state index contributed by atoms with van der Waals surface area (Å²) in [6, 6.07) is 5.59. The van der Waals surface area contributed by atoms with Gasteiger partial charge in [-0.15, -0.1) is 0 Å². The van der Waals surface area contributed by atoms with Crippen LogP contribution < -0.4 is 9.62 Å². The van der Waals surface area contributed by atoms with E-state index < -0.39 is 16.1 Å². The molecule has 9 heteroatoms. The number of carbonyl (C=O) groups excluding carboxylic acids is 1. The van der Waals surface area contributed by atoms with Crippen molar-refractivity contribution in [1.29, 1.82) is 0 Å². The summed E-state index contributed by atoms with van der Waals surface area (Å²) < 4.78 is 30.8. The minimum Gasteiger partial charge on any atom is -0.379 e. The van der Waals surface area contributed by atoms with E-state index in [9.17, 15) is 13.2 Å². The maximum atomic E-state index is 12.5. The third kappa shape index (κ3) is 6.12. The first-order chi connectivity index (χ1) is 12.3. The van der Waals surface area contributed by atoms with Crippen LogP contribution in [0.5, 0.6) is 0 Å². The fraction of sp³-hybridized carbons (Fsp3) is 0.588. The molecule has 26 heavy (non-hydrogen) atoms. The van der Waals surface area contributed by atoms with Crippen molar-refractivity contribution in [1.82, 2.24) is 10.2 Å². The lowest BCUT2D eigenvalue weighted by molar-refractivity contribution is -0.121. The van der Waals surface area contributed by atoms with Gasteiger partial charge in [-0.2, -0.15) is 0 Å². The molecule has 7 nitrogen and oxygen atoms in total. The summed E-state index contributed by atoms with van der Waals surface area (Å²) in [4.78, 5) is 14.7. The fourth-order valence-electron chi connectivity index (χ4n) is 2.91. The van der Waals surface area contributed by atoms with Gasteiger partial charge in [0.05, 0.1) is 25.2 Å². The smallest absolute Gasteiger partial charge is 0.243 e. The monoisotopic (exact) mass is 403 g/mol. The molecule has 0 aliphatic carbocycles. The summed E-state index contributed by atoms with van der Waals surface area (Å²) in [6.45, 7) is 6.23. The second-order valence-corrected chi connectivity index (χ2v) is 8.61. The molecule has 0 bridgehead atoms. The molecular formula is C17H26ClN3O4S. The van der Waals surface area contributed by atoms with Gasteiger partial charge < -0.3 is 10.1 Å². The van der Waals surface area contributed by atoms with E-state index in [1.54, 1.807) is 25.1 Å². The Bertz CT molecular complexity index is 708. The van der Waals surface area contributed by atoms with Gasteiger partial charge in [0.2, 0.25) is 15.9 Å². The molecule has 1 aliphatic heterocycles. The molecule has 0 spiro atoms. The Kier molecular flexibility index (Phi) is 7.69. The van der Waals surface area contributed by atoms with Crippen LogP contribution in [0.2, 0.25) is 5.02 Å². The Morgan fingerprint density at radius 2 is 2.08 bits per heavy atom. The van der Waals surface area contributed by atoms with E-state index in [4.69, 9.17) is 16.3 Å². The molecule has 1 N–H and O–H groups in total. The molecule has 2 rings (SSSR count). The topological polar surface area (TPSA) is 79.0 Å². The predicted molar refractivity (Wildman–Crippen MR) is 103 cm³/mol. The van der Waals surface area contributed by atoms with E-state index in [1.807, 2.05) is 0 Å². The number of hydrogen-bond acceptors (Lipinski definition) is 5. The summed E-state index contributed by atoms with van der Waals surface area (Å²) in [5, 5.41) is 3.23. The van der Waals surface area contributed by atoms with Gasteiger partial charge >= 0.3 is 0 Å². The highest BCUT2D eigenvalue weighted by Gasteiger charge is 2.29. The van der Waals surface area contributed by atoms with Crippen molar-refractivity contribution in [3.63, 3.8) is 0 Å². The number of anilines is 1. The number of nitrogens with one attached hydrogen (secondary N) is 1. The first-order valence-electron chi connectivity index (χ1n) is 8.62. The van der Waals surface area contributed by atoms with E-state index in [1.165, 1.54) is 6.07 Å². The van der Waals surface area contributed by atoms with Crippen LogP contribution in [-0.4, -0.2) is 70.9 Å². The highest BCUT2D eigenvalue weighted by molar-refractivity contribution is 7.92. The van der Waals surface area contributed by atoms with Crippen LogP contribution in [0.15, 0.2) is 24.3 Å². The minimum atomic E-state index is -3.63. The minimum absolute atomic E-state index is 0.336. The summed E-state index contributed by atoms with van der Waals surface area (Å²) >= 11 is 5.96. The molecule has 0 radical (unpaired) electrons. The highest BCUT2D eigenvalue weighted by atomic mass is 35.5. The number of halogens is 1. The fourth-order valence-corrected chi connectivity index (χ4v) is 4.26. The van der Waals surface area contributed by atoms with Crippen molar-refractivity contribution >= 4 is 33.2 Å². The molecule has 1 aromatic rings. The van der Waals surface area contributed by atoms with Crippen molar-refractivity contribution < 1.29 is 17.9 Å². The Labute approximate surface area is 160 Å². The predicted octanol–water partition coefficient (Wildman–Crippen LogP) is 1.33. The third-order valence-corrected chi connectivity index (χ3v) is 5.68. The molecule has 146 valence electrons.